The summed E-state index contributed by atoms with van der Waals surface area (Å²) < 4.78 is 0. The van der Waals surface area contributed by atoms with E-state index in [1.165, 1.54) is 0 Å². The van der Waals surface area contributed by atoms with E-state index in [0.717, 1.165) is 23.9 Å². The van der Waals surface area contributed by atoms with Crippen molar-refractivity contribution in [1.29, 1.82) is 0 Å². The van der Waals surface area contributed by atoms with Crippen LogP contribution in [0.2, 0.25) is 0 Å². The third kappa shape index (κ3) is 3.58. The van der Waals surface area contributed by atoms with E-state index in [-0.39, 0.29) is 5.91 Å². The molecule has 1 aromatic rings. The van der Waals surface area contributed by atoms with Crippen LogP contribution in [0.5, 0.6) is 0 Å². The Labute approximate surface area is 111 Å². The second kappa shape index (κ2) is 6.04. The van der Waals surface area contributed by atoms with E-state index in [4.69, 9.17) is 5.11 Å². The number of amides is 1. The highest BCUT2D eigenvalue weighted by molar-refractivity contribution is 5.87. The quantitative estimate of drug-likeness (QED) is 0.799. The van der Waals surface area contributed by atoms with Gasteiger partial charge in [-0.2, -0.15) is 0 Å². The van der Waals surface area contributed by atoms with Crippen LogP contribution in [-0.2, 0) is 9.59 Å². The number of carboxylic acid groups (broad SMARTS) is 1. The first kappa shape index (κ1) is 13.1. The second-order valence-corrected chi connectivity index (χ2v) is 4.32. The van der Waals surface area contributed by atoms with Crippen molar-refractivity contribution in [3.8, 4) is 0 Å². The number of nitrogens with zero attached hydrogens (tertiary/aromatic N) is 1. The first-order chi connectivity index (χ1) is 9.16. The highest BCUT2D eigenvalue weighted by Crippen LogP contribution is 2.22. The smallest absolute Gasteiger partial charge is 0.328 e. The lowest BCUT2D eigenvalue weighted by Crippen LogP contribution is -2.28. The third-order valence-electron chi connectivity index (χ3n) is 3.00. The van der Waals surface area contributed by atoms with Crippen LogP contribution < -0.4 is 10.2 Å². The Morgan fingerprint density at radius 1 is 1.32 bits per heavy atom. The summed E-state index contributed by atoms with van der Waals surface area (Å²) in [5, 5.41) is 11.5. The van der Waals surface area contributed by atoms with E-state index in [0.29, 0.717) is 19.5 Å². The van der Waals surface area contributed by atoms with Crippen LogP contribution in [0.3, 0.4) is 0 Å². The Bertz CT molecular complexity index is 511. The Morgan fingerprint density at radius 3 is 2.89 bits per heavy atom. The van der Waals surface area contributed by atoms with Gasteiger partial charge in [0.25, 0.3) is 0 Å². The average molecular weight is 260 g/mol. The van der Waals surface area contributed by atoms with Crippen molar-refractivity contribution < 1.29 is 14.7 Å². The number of aliphatic carboxylic acids is 1. The molecule has 1 heterocycles. The van der Waals surface area contributed by atoms with E-state index in [1.807, 2.05) is 24.3 Å². The highest BCUT2D eigenvalue weighted by atomic mass is 16.4. The molecule has 19 heavy (non-hydrogen) atoms. The number of benzene rings is 1. The molecule has 0 saturated carbocycles. The Kier molecular flexibility index (Phi) is 4.18. The van der Waals surface area contributed by atoms with Crippen molar-refractivity contribution in [3.63, 3.8) is 0 Å². The molecule has 0 unspecified atom stereocenters. The predicted molar refractivity (Wildman–Crippen MR) is 73.0 cm³/mol. The first-order valence-electron chi connectivity index (χ1n) is 6.18. The zero-order valence-corrected chi connectivity index (χ0v) is 10.5. The lowest BCUT2D eigenvalue weighted by atomic mass is 10.1. The van der Waals surface area contributed by atoms with Gasteiger partial charge in [-0.05, 0) is 17.7 Å². The third-order valence-corrected chi connectivity index (χ3v) is 3.00. The van der Waals surface area contributed by atoms with Crippen LogP contribution in [-0.4, -0.2) is 36.6 Å². The van der Waals surface area contributed by atoms with Gasteiger partial charge in [0.15, 0.2) is 0 Å². The summed E-state index contributed by atoms with van der Waals surface area (Å²) in [7, 11) is 0. The Hall–Kier alpha value is -2.30. The first-order valence-corrected chi connectivity index (χ1v) is 6.18. The van der Waals surface area contributed by atoms with E-state index in [1.54, 1.807) is 6.08 Å². The molecule has 0 aliphatic carbocycles. The van der Waals surface area contributed by atoms with Crippen molar-refractivity contribution in [2.24, 2.45) is 0 Å². The van der Waals surface area contributed by atoms with Gasteiger partial charge < -0.3 is 15.3 Å². The van der Waals surface area contributed by atoms with Crippen LogP contribution in [0.1, 0.15) is 12.0 Å². The Morgan fingerprint density at radius 2 is 2.11 bits per heavy atom. The topological polar surface area (TPSA) is 69.6 Å². The summed E-state index contributed by atoms with van der Waals surface area (Å²) in [5.74, 6) is -0.913. The molecule has 1 saturated heterocycles. The van der Waals surface area contributed by atoms with Crippen molar-refractivity contribution in [3.05, 3.63) is 35.9 Å². The number of carboxylic acids is 1. The lowest BCUT2D eigenvalue weighted by Gasteiger charge is -2.23. The van der Waals surface area contributed by atoms with E-state index >= 15 is 0 Å². The molecule has 2 rings (SSSR count). The molecule has 1 aliphatic rings. The fraction of sp³-hybridized carbons (Fsp3) is 0.286. The molecule has 0 radical (unpaired) electrons. The zero-order chi connectivity index (χ0) is 13.7. The molecule has 0 atom stereocenters. The molecule has 5 heteroatoms. The second-order valence-electron chi connectivity index (χ2n) is 4.32. The number of rotatable bonds is 3. The largest absolute Gasteiger partial charge is 0.478 e. The van der Waals surface area contributed by atoms with Crippen LogP contribution >= 0.6 is 0 Å². The number of para-hydroxylation sites is 1. The van der Waals surface area contributed by atoms with Gasteiger partial charge in [0.1, 0.15) is 0 Å². The van der Waals surface area contributed by atoms with Gasteiger partial charge >= 0.3 is 5.97 Å². The highest BCUT2D eigenvalue weighted by Gasteiger charge is 2.15. The zero-order valence-electron chi connectivity index (χ0n) is 10.5. The number of carbonyl (C=O) groups excluding carboxylic acids is 1. The van der Waals surface area contributed by atoms with Crippen molar-refractivity contribution in [2.75, 3.05) is 24.5 Å². The average Bonchev–Trinajstić information content (AvgIpc) is 2.61. The summed E-state index contributed by atoms with van der Waals surface area (Å²) in [6.07, 6.45) is 3.16. The lowest BCUT2D eigenvalue weighted by molar-refractivity contribution is -0.131. The molecular formula is C14H16N2O3. The molecule has 0 aromatic heterocycles. The minimum atomic E-state index is -0.970. The number of anilines is 1. The molecular weight excluding hydrogens is 244 g/mol. The molecule has 2 N–H and O–H groups in total. The van der Waals surface area contributed by atoms with Gasteiger partial charge in [0, 0.05) is 37.8 Å². The Balaban J connectivity index is 2.23. The monoisotopic (exact) mass is 260 g/mol. The van der Waals surface area contributed by atoms with Crippen LogP contribution in [0, 0.1) is 0 Å². The van der Waals surface area contributed by atoms with E-state index < -0.39 is 5.97 Å². The maximum atomic E-state index is 11.3. The fourth-order valence-electron chi connectivity index (χ4n) is 2.09. The van der Waals surface area contributed by atoms with E-state index in [2.05, 4.69) is 10.2 Å². The summed E-state index contributed by atoms with van der Waals surface area (Å²) in [6, 6.07) is 7.59. The molecule has 1 aromatic carbocycles. The summed E-state index contributed by atoms with van der Waals surface area (Å²) in [4.78, 5) is 24.0. The van der Waals surface area contributed by atoms with Crippen LogP contribution in [0.15, 0.2) is 30.3 Å². The number of hydrogen-bond donors (Lipinski definition) is 2. The molecule has 5 nitrogen and oxygen atoms in total. The van der Waals surface area contributed by atoms with Gasteiger partial charge in [-0.25, -0.2) is 4.79 Å². The van der Waals surface area contributed by atoms with Crippen molar-refractivity contribution in [2.45, 2.75) is 6.42 Å². The van der Waals surface area contributed by atoms with Crippen LogP contribution in [0.4, 0.5) is 5.69 Å². The van der Waals surface area contributed by atoms with Crippen molar-refractivity contribution in [1.82, 2.24) is 5.32 Å². The standard InChI is InChI=1S/C14H16N2O3/c17-13-7-9-16(10-8-15-13)12-4-2-1-3-11(12)5-6-14(18)19/h1-6H,7-10H2,(H,15,17)(H,18,19). The fourth-order valence-corrected chi connectivity index (χ4v) is 2.09. The summed E-state index contributed by atoms with van der Waals surface area (Å²) in [6.45, 7) is 1.98. The minimum absolute atomic E-state index is 0.0565. The predicted octanol–water partition coefficient (Wildman–Crippen LogP) is 1.11. The van der Waals surface area contributed by atoms with E-state index in [9.17, 15) is 9.59 Å². The normalized spacial score (nSPS) is 16.2. The van der Waals surface area contributed by atoms with Gasteiger partial charge in [-0.1, -0.05) is 18.2 Å². The molecule has 0 spiro atoms. The van der Waals surface area contributed by atoms with Gasteiger partial charge in [0.2, 0.25) is 5.91 Å². The molecule has 1 fully saturated rings. The molecule has 100 valence electrons. The van der Waals surface area contributed by atoms with Gasteiger partial charge in [-0.15, -0.1) is 0 Å². The maximum Gasteiger partial charge on any atom is 0.328 e. The maximum absolute atomic E-state index is 11.3. The SMILES string of the molecule is O=C(O)C=Cc1ccccc1N1CCNC(=O)CC1. The minimum Gasteiger partial charge on any atom is -0.478 e. The van der Waals surface area contributed by atoms with Crippen molar-refractivity contribution >= 4 is 23.6 Å². The number of hydrogen-bond acceptors (Lipinski definition) is 3. The van der Waals surface area contributed by atoms with Gasteiger partial charge in [-0.3, -0.25) is 4.79 Å². The number of nitrogens with one attached hydrogen (secondary N) is 1. The van der Waals surface area contributed by atoms with Crippen LogP contribution in [0.25, 0.3) is 6.08 Å². The molecule has 1 amide bonds. The molecule has 1 aliphatic heterocycles. The number of carbonyl (C=O) groups is 2. The molecule has 0 bridgehead atoms. The summed E-state index contributed by atoms with van der Waals surface area (Å²) >= 11 is 0. The van der Waals surface area contributed by atoms with Gasteiger partial charge in [0.05, 0.1) is 0 Å². The summed E-state index contributed by atoms with van der Waals surface area (Å²) in [5.41, 5.74) is 1.80.